The number of hydrogen-bond donors (Lipinski definition) is 1. The Morgan fingerprint density at radius 1 is 1.12 bits per heavy atom. The summed E-state index contributed by atoms with van der Waals surface area (Å²) in [6.45, 7) is 4.09. The van der Waals surface area contributed by atoms with Crippen molar-refractivity contribution < 1.29 is 13.2 Å². The van der Waals surface area contributed by atoms with Crippen molar-refractivity contribution in [1.82, 2.24) is 14.5 Å². The SMILES string of the molecule is O=S(=O)(CCC1CCOCC1)N1CCN(c2cc(C3CC3)[nH]n2)CC1. The fraction of sp³-hybridized carbons (Fsp3) is 0.824. The molecule has 1 aromatic heterocycles. The average Bonchev–Trinajstić information content (AvgIpc) is 3.38. The van der Waals surface area contributed by atoms with Crippen molar-refractivity contribution in [3.8, 4) is 0 Å². The molecule has 4 rings (SSSR count). The zero-order chi connectivity index (χ0) is 17.3. The lowest BCUT2D eigenvalue weighted by Gasteiger charge is -2.34. The summed E-state index contributed by atoms with van der Waals surface area (Å²) in [5.41, 5.74) is 1.22. The van der Waals surface area contributed by atoms with Gasteiger partial charge in [0.1, 0.15) is 0 Å². The van der Waals surface area contributed by atoms with Gasteiger partial charge >= 0.3 is 0 Å². The van der Waals surface area contributed by atoms with E-state index in [-0.39, 0.29) is 5.75 Å². The summed E-state index contributed by atoms with van der Waals surface area (Å²) in [6, 6.07) is 2.13. The number of aromatic nitrogens is 2. The third-order valence-electron chi connectivity index (χ3n) is 5.68. The Balaban J connectivity index is 1.27. The molecule has 7 nitrogen and oxygen atoms in total. The standard InChI is InChI=1S/C17H28N4O3S/c22-25(23,12-5-14-3-10-24-11-4-14)21-8-6-20(7-9-21)17-13-16(18-19-17)15-1-2-15/h13-15H,1-12H2,(H,18,19). The number of sulfonamides is 1. The number of rotatable bonds is 6. The third kappa shape index (κ3) is 4.17. The van der Waals surface area contributed by atoms with E-state index in [0.717, 1.165) is 38.3 Å². The van der Waals surface area contributed by atoms with E-state index in [1.54, 1.807) is 4.31 Å². The fourth-order valence-corrected chi connectivity index (χ4v) is 5.38. The van der Waals surface area contributed by atoms with Gasteiger partial charge in [0.15, 0.2) is 5.82 Å². The van der Waals surface area contributed by atoms with Gasteiger partial charge in [0.25, 0.3) is 0 Å². The van der Waals surface area contributed by atoms with Crippen LogP contribution in [0.1, 0.15) is 43.7 Å². The second-order valence-corrected chi connectivity index (χ2v) is 9.59. The molecule has 3 fully saturated rings. The minimum absolute atomic E-state index is 0.270. The van der Waals surface area contributed by atoms with E-state index in [2.05, 4.69) is 21.2 Å². The van der Waals surface area contributed by atoms with Gasteiger partial charge in [-0.05, 0) is 38.0 Å². The lowest BCUT2D eigenvalue weighted by atomic mass is 9.98. The molecular weight excluding hydrogens is 340 g/mol. The van der Waals surface area contributed by atoms with Crippen LogP contribution in [0.2, 0.25) is 0 Å². The number of ether oxygens (including phenoxy) is 1. The van der Waals surface area contributed by atoms with Crippen molar-refractivity contribution >= 4 is 15.8 Å². The monoisotopic (exact) mass is 368 g/mol. The van der Waals surface area contributed by atoms with Crippen LogP contribution >= 0.6 is 0 Å². The predicted molar refractivity (Wildman–Crippen MR) is 96.3 cm³/mol. The quantitative estimate of drug-likeness (QED) is 0.824. The van der Waals surface area contributed by atoms with E-state index in [0.29, 0.717) is 38.0 Å². The summed E-state index contributed by atoms with van der Waals surface area (Å²) in [5.74, 6) is 2.38. The van der Waals surface area contributed by atoms with Gasteiger partial charge in [-0.15, -0.1) is 0 Å². The van der Waals surface area contributed by atoms with Crippen LogP contribution in [0.3, 0.4) is 0 Å². The first-order chi connectivity index (χ1) is 12.1. The topological polar surface area (TPSA) is 78.5 Å². The van der Waals surface area contributed by atoms with Crippen molar-refractivity contribution in [2.24, 2.45) is 5.92 Å². The van der Waals surface area contributed by atoms with Crippen LogP contribution in [0, 0.1) is 5.92 Å². The predicted octanol–water partition coefficient (Wildman–Crippen LogP) is 1.56. The fourth-order valence-electron chi connectivity index (χ4n) is 3.77. The molecule has 0 unspecified atom stereocenters. The Hall–Kier alpha value is -1.12. The number of nitrogens with one attached hydrogen (secondary N) is 1. The molecule has 0 aromatic carbocycles. The number of hydrogen-bond acceptors (Lipinski definition) is 5. The van der Waals surface area contributed by atoms with Crippen LogP contribution in [0.25, 0.3) is 0 Å². The van der Waals surface area contributed by atoms with E-state index in [1.807, 2.05) is 0 Å². The number of H-pyrrole nitrogens is 1. The Morgan fingerprint density at radius 2 is 1.84 bits per heavy atom. The van der Waals surface area contributed by atoms with Crippen molar-refractivity contribution in [3.05, 3.63) is 11.8 Å². The third-order valence-corrected chi connectivity index (χ3v) is 7.59. The highest BCUT2D eigenvalue weighted by atomic mass is 32.2. The Kier molecular flexibility index (Phi) is 5.01. The molecule has 8 heteroatoms. The Labute approximate surface area is 149 Å². The normalized spacial score (nSPS) is 23.9. The number of nitrogens with zero attached hydrogens (tertiary/aromatic N) is 3. The highest BCUT2D eigenvalue weighted by Crippen LogP contribution is 2.39. The lowest BCUT2D eigenvalue weighted by molar-refractivity contribution is 0.0655. The molecule has 0 amide bonds. The van der Waals surface area contributed by atoms with Gasteiger partial charge in [-0.25, -0.2) is 8.42 Å². The average molecular weight is 369 g/mol. The molecule has 25 heavy (non-hydrogen) atoms. The highest BCUT2D eigenvalue weighted by Gasteiger charge is 2.30. The molecule has 3 heterocycles. The summed E-state index contributed by atoms with van der Waals surface area (Å²) in [4.78, 5) is 2.19. The number of piperazine rings is 1. The van der Waals surface area contributed by atoms with E-state index in [9.17, 15) is 8.42 Å². The van der Waals surface area contributed by atoms with Crippen LogP contribution in [-0.4, -0.2) is 68.1 Å². The van der Waals surface area contributed by atoms with E-state index in [4.69, 9.17) is 4.74 Å². The molecule has 0 bridgehead atoms. The summed E-state index contributed by atoms with van der Waals surface area (Å²) in [5, 5.41) is 7.54. The highest BCUT2D eigenvalue weighted by molar-refractivity contribution is 7.89. The Bertz CT molecular complexity index is 672. The van der Waals surface area contributed by atoms with Crippen LogP contribution in [0.5, 0.6) is 0 Å². The molecule has 1 N–H and O–H groups in total. The smallest absolute Gasteiger partial charge is 0.214 e. The van der Waals surface area contributed by atoms with E-state index >= 15 is 0 Å². The summed E-state index contributed by atoms with van der Waals surface area (Å²) < 4.78 is 32.3. The first-order valence-corrected chi connectivity index (χ1v) is 11.1. The molecule has 3 aliphatic rings. The van der Waals surface area contributed by atoms with Gasteiger partial charge in [0, 0.05) is 57.1 Å². The van der Waals surface area contributed by atoms with Gasteiger partial charge in [0.05, 0.1) is 5.75 Å². The van der Waals surface area contributed by atoms with Crippen LogP contribution in [0.4, 0.5) is 5.82 Å². The molecule has 1 aliphatic carbocycles. The van der Waals surface area contributed by atoms with E-state index in [1.165, 1.54) is 18.5 Å². The second kappa shape index (κ2) is 7.25. The van der Waals surface area contributed by atoms with Crippen LogP contribution in [0.15, 0.2) is 6.07 Å². The molecule has 2 saturated heterocycles. The zero-order valence-corrected chi connectivity index (χ0v) is 15.5. The number of anilines is 1. The van der Waals surface area contributed by atoms with Crippen molar-refractivity contribution in [3.63, 3.8) is 0 Å². The zero-order valence-electron chi connectivity index (χ0n) is 14.7. The van der Waals surface area contributed by atoms with E-state index < -0.39 is 10.0 Å². The minimum atomic E-state index is -3.15. The van der Waals surface area contributed by atoms with Crippen molar-refractivity contribution in [2.75, 3.05) is 50.0 Å². The van der Waals surface area contributed by atoms with Crippen molar-refractivity contribution in [2.45, 2.75) is 38.0 Å². The Morgan fingerprint density at radius 3 is 2.52 bits per heavy atom. The van der Waals surface area contributed by atoms with Crippen LogP contribution in [-0.2, 0) is 14.8 Å². The molecule has 1 aromatic rings. The molecular formula is C17H28N4O3S. The maximum atomic E-state index is 12.6. The van der Waals surface area contributed by atoms with Gasteiger partial charge in [0.2, 0.25) is 10.0 Å². The lowest BCUT2D eigenvalue weighted by Crippen LogP contribution is -2.49. The van der Waals surface area contributed by atoms with Gasteiger partial charge in [-0.3, -0.25) is 5.10 Å². The van der Waals surface area contributed by atoms with Gasteiger partial charge < -0.3 is 9.64 Å². The minimum Gasteiger partial charge on any atom is -0.381 e. The van der Waals surface area contributed by atoms with Crippen molar-refractivity contribution in [1.29, 1.82) is 0 Å². The van der Waals surface area contributed by atoms with Crippen LogP contribution < -0.4 is 4.90 Å². The summed E-state index contributed by atoms with van der Waals surface area (Å²) in [6.07, 6.45) is 5.25. The maximum Gasteiger partial charge on any atom is 0.214 e. The summed E-state index contributed by atoms with van der Waals surface area (Å²) in [7, 11) is -3.15. The van der Waals surface area contributed by atoms with Gasteiger partial charge in [-0.2, -0.15) is 9.40 Å². The largest absolute Gasteiger partial charge is 0.381 e. The first-order valence-electron chi connectivity index (χ1n) is 9.47. The van der Waals surface area contributed by atoms with Gasteiger partial charge in [-0.1, -0.05) is 0 Å². The molecule has 1 saturated carbocycles. The maximum absolute atomic E-state index is 12.6. The molecule has 0 atom stereocenters. The summed E-state index contributed by atoms with van der Waals surface area (Å²) >= 11 is 0. The molecule has 0 radical (unpaired) electrons. The first kappa shape index (κ1) is 17.3. The number of aromatic amines is 1. The second-order valence-electron chi connectivity index (χ2n) is 7.50. The molecule has 140 valence electrons. The molecule has 2 aliphatic heterocycles. The molecule has 0 spiro atoms.